The normalized spacial score (nSPS) is 17.3. The van der Waals surface area contributed by atoms with Crippen LogP contribution in [0.5, 0.6) is 0 Å². The molecule has 2 aromatic rings. The van der Waals surface area contributed by atoms with Crippen molar-refractivity contribution < 1.29 is 4.39 Å². The fraction of sp³-hybridized carbons (Fsp3) is 0.200. The van der Waals surface area contributed by atoms with Gasteiger partial charge in [-0.1, -0.05) is 17.7 Å². The Kier molecular flexibility index (Phi) is 3.67. The minimum atomic E-state index is -0.200. The number of fused-ring (bicyclic) bond motifs is 1. The molecule has 0 aromatic heterocycles. The number of hydrogen-bond donors (Lipinski definition) is 1. The Morgan fingerprint density at radius 3 is 2.84 bits per heavy atom. The van der Waals surface area contributed by atoms with Crippen LogP contribution < -0.4 is 5.32 Å². The largest absolute Gasteiger partial charge is 0.377 e. The molecule has 1 aliphatic rings. The van der Waals surface area contributed by atoms with E-state index < -0.39 is 0 Å². The highest BCUT2D eigenvalue weighted by Crippen LogP contribution is 2.36. The number of aryl methyl sites for hydroxylation is 1. The quantitative estimate of drug-likeness (QED) is 0.700. The van der Waals surface area contributed by atoms with Crippen LogP contribution in [0.15, 0.2) is 36.4 Å². The van der Waals surface area contributed by atoms with Crippen LogP contribution in [0.1, 0.15) is 23.6 Å². The van der Waals surface area contributed by atoms with Crippen molar-refractivity contribution in [2.24, 2.45) is 0 Å². The number of rotatable bonds is 2. The molecule has 3 rings (SSSR count). The summed E-state index contributed by atoms with van der Waals surface area (Å²) < 4.78 is 14.0. The van der Waals surface area contributed by atoms with Crippen LogP contribution in [0.2, 0.25) is 5.02 Å². The Bertz CT molecular complexity index is 630. The molecule has 1 unspecified atom stereocenters. The topological polar surface area (TPSA) is 12.0 Å². The van der Waals surface area contributed by atoms with Gasteiger partial charge in [0.25, 0.3) is 0 Å². The molecule has 0 spiro atoms. The zero-order chi connectivity index (χ0) is 13.4. The molecule has 0 saturated carbocycles. The van der Waals surface area contributed by atoms with E-state index in [2.05, 4.69) is 34.0 Å². The van der Waals surface area contributed by atoms with Gasteiger partial charge in [0.2, 0.25) is 0 Å². The molecule has 0 fully saturated rings. The second-order valence-corrected chi connectivity index (χ2v) is 6.30. The summed E-state index contributed by atoms with van der Waals surface area (Å²) in [5.41, 5.74) is 3.58. The standard InChI is InChI=1S/C15H12ClFIN/c16-10-2-4-12-9(7-10)1-5-14(12)19-15-6-3-11(17)8-13(15)18/h2-4,6-8,14,19H,1,5H2. The summed E-state index contributed by atoms with van der Waals surface area (Å²) in [5.74, 6) is -0.200. The van der Waals surface area contributed by atoms with Crippen LogP contribution in [-0.2, 0) is 6.42 Å². The van der Waals surface area contributed by atoms with Crippen molar-refractivity contribution in [3.05, 3.63) is 61.9 Å². The summed E-state index contributed by atoms with van der Waals surface area (Å²) in [4.78, 5) is 0. The molecule has 0 amide bonds. The summed E-state index contributed by atoms with van der Waals surface area (Å²) >= 11 is 8.16. The first-order chi connectivity index (χ1) is 9.13. The van der Waals surface area contributed by atoms with Crippen LogP contribution in [0.25, 0.3) is 0 Å². The van der Waals surface area contributed by atoms with E-state index in [4.69, 9.17) is 11.6 Å². The van der Waals surface area contributed by atoms with Gasteiger partial charge in [0.1, 0.15) is 5.82 Å². The molecular weight excluding hydrogens is 376 g/mol. The molecule has 0 heterocycles. The first-order valence-electron chi connectivity index (χ1n) is 6.13. The Labute approximate surface area is 130 Å². The lowest BCUT2D eigenvalue weighted by atomic mass is 10.1. The number of halogens is 3. The van der Waals surface area contributed by atoms with Gasteiger partial charge in [-0.3, -0.25) is 0 Å². The maximum atomic E-state index is 13.1. The van der Waals surface area contributed by atoms with E-state index in [0.717, 1.165) is 27.1 Å². The minimum Gasteiger partial charge on any atom is -0.377 e. The zero-order valence-corrected chi connectivity index (χ0v) is 13.0. The third-order valence-corrected chi connectivity index (χ3v) is 4.57. The molecule has 1 nitrogen and oxygen atoms in total. The second-order valence-electron chi connectivity index (χ2n) is 4.70. The summed E-state index contributed by atoms with van der Waals surface area (Å²) in [6.07, 6.45) is 2.08. The predicted molar refractivity (Wildman–Crippen MR) is 85.3 cm³/mol. The monoisotopic (exact) mass is 387 g/mol. The van der Waals surface area contributed by atoms with Crippen LogP contribution in [-0.4, -0.2) is 0 Å². The molecule has 2 aromatic carbocycles. The molecule has 1 atom stereocenters. The van der Waals surface area contributed by atoms with Gasteiger partial charge in [-0.15, -0.1) is 0 Å². The summed E-state index contributed by atoms with van der Waals surface area (Å²) in [6.45, 7) is 0. The summed E-state index contributed by atoms with van der Waals surface area (Å²) in [7, 11) is 0. The maximum absolute atomic E-state index is 13.1. The molecule has 19 heavy (non-hydrogen) atoms. The van der Waals surface area contributed by atoms with E-state index in [1.165, 1.54) is 17.2 Å². The molecule has 1 N–H and O–H groups in total. The highest BCUT2D eigenvalue weighted by atomic mass is 127. The van der Waals surface area contributed by atoms with Gasteiger partial charge < -0.3 is 5.32 Å². The Morgan fingerprint density at radius 2 is 2.05 bits per heavy atom. The molecule has 1 aliphatic carbocycles. The Hall–Kier alpha value is -0.810. The van der Waals surface area contributed by atoms with Crippen LogP contribution in [0.4, 0.5) is 10.1 Å². The van der Waals surface area contributed by atoms with Gasteiger partial charge in [0, 0.05) is 14.3 Å². The second kappa shape index (κ2) is 5.29. The number of anilines is 1. The fourth-order valence-corrected chi connectivity index (χ4v) is 3.36. The van der Waals surface area contributed by atoms with Gasteiger partial charge in [0.05, 0.1) is 6.04 Å². The van der Waals surface area contributed by atoms with Crippen molar-refractivity contribution in [3.8, 4) is 0 Å². The van der Waals surface area contributed by atoms with Gasteiger partial charge >= 0.3 is 0 Å². The van der Waals surface area contributed by atoms with Crippen LogP contribution >= 0.6 is 34.2 Å². The van der Waals surface area contributed by atoms with E-state index in [1.54, 1.807) is 12.1 Å². The van der Waals surface area contributed by atoms with Crippen molar-refractivity contribution in [1.82, 2.24) is 0 Å². The molecule has 0 aliphatic heterocycles. The van der Waals surface area contributed by atoms with Gasteiger partial charge in [0.15, 0.2) is 0 Å². The summed E-state index contributed by atoms with van der Waals surface area (Å²) in [5, 5.41) is 4.28. The fourth-order valence-electron chi connectivity index (χ4n) is 2.53. The average Bonchev–Trinajstić information content (AvgIpc) is 2.75. The predicted octanol–water partition coefficient (Wildman–Crippen LogP) is 5.18. The summed E-state index contributed by atoms with van der Waals surface area (Å²) in [6, 6.07) is 11.2. The lowest BCUT2D eigenvalue weighted by molar-refractivity contribution is 0.626. The molecule has 0 bridgehead atoms. The lowest BCUT2D eigenvalue weighted by Gasteiger charge is -2.17. The van der Waals surface area contributed by atoms with Crippen LogP contribution in [0, 0.1) is 9.39 Å². The lowest BCUT2D eigenvalue weighted by Crippen LogP contribution is -2.08. The Balaban J connectivity index is 1.86. The van der Waals surface area contributed by atoms with E-state index >= 15 is 0 Å². The van der Waals surface area contributed by atoms with Crippen molar-refractivity contribution in [3.63, 3.8) is 0 Å². The number of nitrogens with one attached hydrogen (secondary N) is 1. The van der Waals surface area contributed by atoms with E-state index in [0.29, 0.717) is 0 Å². The zero-order valence-electron chi connectivity index (χ0n) is 10.1. The van der Waals surface area contributed by atoms with E-state index in [1.807, 2.05) is 12.1 Å². The average molecular weight is 388 g/mol. The van der Waals surface area contributed by atoms with E-state index in [-0.39, 0.29) is 11.9 Å². The SMILES string of the molecule is Fc1ccc(NC2CCc3cc(Cl)ccc32)c(I)c1. The van der Waals surface area contributed by atoms with Crippen molar-refractivity contribution in [2.75, 3.05) is 5.32 Å². The smallest absolute Gasteiger partial charge is 0.124 e. The van der Waals surface area contributed by atoms with Gasteiger partial charge in [-0.25, -0.2) is 4.39 Å². The first-order valence-corrected chi connectivity index (χ1v) is 7.59. The van der Waals surface area contributed by atoms with Gasteiger partial charge in [-0.05, 0) is 76.9 Å². The molecule has 98 valence electrons. The van der Waals surface area contributed by atoms with Crippen molar-refractivity contribution >= 4 is 39.9 Å². The van der Waals surface area contributed by atoms with Gasteiger partial charge in [-0.2, -0.15) is 0 Å². The molecular formula is C15H12ClFIN. The molecule has 0 saturated heterocycles. The van der Waals surface area contributed by atoms with Crippen molar-refractivity contribution in [2.45, 2.75) is 18.9 Å². The molecule has 4 heteroatoms. The molecule has 0 radical (unpaired) electrons. The minimum absolute atomic E-state index is 0.200. The third-order valence-electron chi connectivity index (χ3n) is 3.44. The highest BCUT2D eigenvalue weighted by molar-refractivity contribution is 14.1. The maximum Gasteiger partial charge on any atom is 0.124 e. The van der Waals surface area contributed by atoms with Crippen molar-refractivity contribution in [1.29, 1.82) is 0 Å². The Morgan fingerprint density at radius 1 is 1.21 bits per heavy atom. The van der Waals surface area contributed by atoms with E-state index in [9.17, 15) is 4.39 Å². The third kappa shape index (κ3) is 2.72. The number of hydrogen-bond acceptors (Lipinski definition) is 1. The highest BCUT2D eigenvalue weighted by Gasteiger charge is 2.22. The van der Waals surface area contributed by atoms with Crippen LogP contribution in [0.3, 0.4) is 0 Å². The number of benzene rings is 2. The first kappa shape index (κ1) is 13.2.